The summed E-state index contributed by atoms with van der Waals surface area (Å²) in [6.07, 6.45) is 6.37. The van der Waals surface area contributed by atoms with Gasteiger partial charge >= 0.3 is 0 Å². The van der Waals surface area contributed by atoms with Crippen LogP contribution in [0.4, 0.5) is 0 Å². The van der Waals surface area contributed by atoms with E-state index in [0.717, 1.165) is 18.8 Å². The van der Waals surface area contributed by atoms with Crippen LogP contribution in [-0.2, 0) is 10.2 Å². The monoisotopic (exact) mass is 342 g/mol. The quantitative estimate of drug-likeness (QED) is 0.829. The Balaban J connectivity index is 1.70. The van der Waals surface area contributed by atoms with Crippen molar-refractivity contribution < 1.29 is 4.79 Å². The predicted molar refractivity (Wildman–Crippen MR) is 104 cm³/mol. The van der Waals surface area contributed by atoms with Gasteiger partial charge < -0.3 is 10.2 Å². The number of likely N-dealkylation sites (tertiary alicyclic amines) is 1. The number of carbonyl (C=O) groups excluding carboxylic acids is 1. The molecule has 0 unspecified atom stereocenters. The maximum absolute atomic E-state index is 12.2. The fraction of sp³-hybridized carbons (Fsp3) is 0.682. The standard InChI is InChI=1S/C22H34N2O/c1-4-7-21(25)23-20-16-22(19-9-6-5-8-18(19)20)11-14-24(15-12-22)13-10-17(2)3/h5-6,8-9,17,20H,4,7,10-16H2,1-3H3,(H,23,25)/t20-/m0/s1. The first kappa shape index (κ1) is 18.4. The Morgan fingerprint density at radius 2 is 2.00 bits per heavy atom. The van der Waals surface area contributed by atoms with Crippen molar-refractivity contribution in [3.05, 3.63) is 35.4 Å². The van der Waals surface area contributed by atoms with Gasteiger partial charge in [-0.15, -0.1) is 0 Å². The molecule has 2 aliphatic rings. The molecule has 1 amide bonds. The first-order valence-corrected chi connectivity index (χ1v) is 10.2. The lowest BCUT2D eigenvalue weighted by Gasteiger charge is -2.40. The molecule has 0 radical (unpaired) electrons. The highest BCUT2D eigenvalue weighted by atomic mass is 16.1. The largest absolute Gasteiger partial charge is 0.349 e. The van der Waals surface area contributed by atoms with Gasteiger partial charge in [0.1, 0.15) is 0 Å². The summed E-state index contributed by atoms with van der Waals surface area (Å²) in [6, 6.07) is 9.03. The molecule has 3 rings (SSSR count). The average molecular weight is 343 g/mol. The molecule has 1 aliphatic carbocycles. The lowest BCUT2D eigenvalue weighted by atomic mass is 9.73. The molecule has 1 heterocycles. The molecule has 1 saturated heterocycles. The van der Waals surface area contributed by atoms with Crippen LogP contribution in [0.5, 0.6) is 0 Å². The van der Waals surface area contributed by atoms with E-state index >= 15 is 0 Å². The Morgan fingerprint density at radius 3 is 2.68 bits per heavy atom. The van der Waals surface area contributed by atoms with Crippen molar-refractivity contribution in [3.8, 4) is 0 Å². The Morgan fingerprint density at radius 1 is 1.28 bits per heavy atom. The number of hydrogen-bond acceptors (Lipinski definition) is 2. The van der Waals surface area contributed by atoms with Gasteiger partial charge in [-0.25, -0.2) is 0 Å². The van der Waals surface area contributed by atoms with E-state index in [-0.39, 0.29) is 17.4 Å². The summed E-state index contributed by atoms with van der Waals surface area (Å²) in [5.41, 5.74) is 3.14. The smallest absolute Gasteiger partial charge is 0.220 e. The van der Waals surface area contributed by atoms with Crippen molar-refractivity contribution in [2.45, 2.75) is 70.8 Å². The van der Waals surface area contributed by atoms with Crippen molar-refractivity contribution >= 4 is 5.91 Å². The summed E-state index contributed by atoms with van der Waals surface area (Å²) >= 11 is 0. The zero-order chi connectivity index (χ0) is 17.9. The molecule has 25 heavy (non-hydrogen) atoms. The Kier molecular flexibility index (Phi) is 5.83. The molecule has 0 bridgehead atoms. The SMILES string of the molecule is CCCC(=O)N[C@H]1CC2(CCN(CCC(C)C)CC2)c2ccccc21. The molecule has 3 nitrogen and oxygen atoms in total. The van der Waals surface area contributed by atoms with Crippen LogP contribution >= 0.6 is 0 Å². The first-order valence-electron chi connectivity index (χ1n) is 10.2. The van der Waals surface area contributed by atoms with Gasteiger partial charge in [0.15, 0.2) is 0 Å². The summed E-state index contributed by atoms with van der Waals surface area (Å²) in [6.45, 7) is 10.3. The van der Waals surface area contributed by atoms with E-state index in [4.69, 9.17) is 0 Å². The average Bonchev–Trinajstić information content (AvgIpc) is 2.88. The number of nitrogens with one attached hydrogen (secondary N) is 1. The van der Waals surface area contributed by atoms with Gasteiger partial charge in [-0.3, -0.25) is 4.79 Å². The van der Waals surface area contributed by atoms with Crippen LogP contribution in [-0.4, -0.2) is 30.4 Å². The van der Waals surface area contributed by atoms with E-state index in [1.165, 1.54) is 50.0 Å². The number of carbonyl (C=O) groups is 1. The summed E-state index contributed by atoms with van der Waals surface area (Å²) in [7, 11) is 0. The molecule has 3 heteroatoms. The van der Waals surface area contributed by atoms with E-state index < -0.39 is 0 Å². The molecule has 1 fully saturated rings. The molecule has 0 saturated carbocycles. The van der Waals surface area contributed by atoms with Gasteiger partial charge in [0.2, 0.25) is 5.91 Å². The van der Waals surface area contributed by atoms with Crippen LogP contribution in [0.25, 0.3) is 0 Å². The summed E-state index contributed by atoms with van der Waals surface area (Å²) < 4.78 is 0. The van der Waals surface area contributed by atoms with Crippen LogP contribution in [0, 0.1) is 5.92 Å². The van der Waals surface area contributed by atoms with Crippen LogP contribution < -0.4 is 5.32 Å². The van der Waals surface area contributed by atoms with E-state index in [2.05, 4.69) is 55.3 Å². The normalized spacial score (nSPS) is 22.3. The highest BCUT2D eigenvalue weighted by molar-refractivity contribution is 5.76. The maximum Gasteiger partial charge on any atom is 0.220 e. The van der Waals surface area contributed by atoms with Crippen LogP contribution in [0.1, 0.15) is 76.5 Å². The molecule has 0 aromatic heterocycles. The number of nitrogens with zero attached hydrogens (tertiary/aromatic N) is 1. The molecule has 1 spiro atoms. The highest BCUT2D eigenvalue weighted by Gasteiger charge is 2.45. The van der Waals surface area contributed by atoms with Gasteiger partial charge in [0.05, 0.1) is 6.04 Å². The Bertz CT molecular complexity index is 587. The van der Waals surface area contributed by atoms with Crippen molar-refractivity contribution in [3.63, 3.8) is 0 Å². The highest BCUT2D eigenvalue weighted by Crippen LogP contribution is 2.50. The molecule has 1 N–H and O–H groups in total. The number of hydrogen-bond donors (Lipinski definition) is 1. The third kappa shape index (κ3) is 4.08. The number of benzene rings is 1. The minimum atomic E-state index is 0.203. The first-order chi connectivity index (χ1) is 12.0. The van der Waals surface area contributed by atoms with E-state index in [1.54, 1.807) is 0 Å². The van der Waals surface area contributed by atoms with Crippen molar-refractivity contribution in [1.29, 1.82) is 0 Å². The molecular weight excluding hydrogens is 308 g/mol. The third-order valence-corrected chi connectivity index (χ3v) is 6.15. The summed E-state index contributed by atoms with van der Waals surface area (Å²) in [5.74, 6) is 0.981. The second-order valence-electron chi connectivity index (χ2n) is 8.47. The van der Waals surface area contributed by atoms with Crippen molar-refractivity contribution in [1.82, 2.24) is 10.2 Å². The van der Waals surface area contributed by atoms with Crippen LogP contribution in [0.3, 0.4) is 0 Å². The molecule has 1 aromatic rings. The second kappa shape index (κ2) is 7.90. The molecular formula is C22H34N2O. The summed E-state index contributed by atoms with van der Waals surface area (Å²) in [5, 5.41) is 3.31. The lowest BCUT2D eigenvalue weighted by Crippen LogP contribution is -2.42. The molecule has 1 aliphatic heterocycles. The van der Waals surface area contributed by atoms with Crippen LogP contribution in [0.2, 0.25) is 0 Å². The fourth-order valence-corrected chi connectivity index (χ4v) is 4.64. The lowest BCUT2D eigenvalue weighted by molar-refractivity contribution is -0.121. The Hall–Kier alpha value is -1.35. The van der Waals surface area contributed by atoms with Gasteiger partial charge in [0.25, 0.3) is 0 Å². The number of amides is 1. The van der Waals surface area contributed by atoms with Crippen LogP contribution in [0.15, 0.2) is 24.3 Å². The number of rotatable bonds is 6. The zero-order valence-corrected chi connectivity index (χ0v) is 16.2. The van der Waals surface area contributed by atoms with Crippen molar-refractivity contribution in [2.75, 3.05) is 19.6 Å². The fourth-order valence-electron chi connectivity index (χ4n) is 4.64. The topological polar surface area (TPSA) is 32.3 Å². The number of fused-ring (bicyclic) bond motifs is 2. The minimum absolute atomic E-state index is 0.203. The van der Waals surface area contributed by atoms with E-state index in [1.807, 2.05) is 0 Å². The molecule has 1 aromatic carbocycles. The van der Waals surface area contributed by atoms with Gasteiger partial charge in [-0.2, -0.15) is 0 Å². The molecule has 1 atom stereocenters. The summed E-state index contributed by atoms with van der Waals surface area (Å²) in [4.78, 5) is 14.8. The predicted octanol–water partition coefficient (Wildman–Crippen LogP) is 4.43. The van der Waals surface area contributed by atoms with Gasteiger partial charge in [-0.1, -0.05) is 45.0 Å². The second-order valence-corrected chi connectivity index (χ2v) is 8.47. The number of piperidine rings is 1. The van der Waals surface area contributed by atoms with E-state index in [0.29, 0.717) is 6.42 Å². The van der Waals surface area contributed by atoms with Crippen molar-refractivity contribution in [2.24, 2.45) is 5.92 Å². The minimum Gasteiger partial charge on any atom is -0.349 e. The third-order valence-electron chi connectivity index (χ3n) is 6.15. The van der Waals surface area contributed by atoms with Gasteiger partial charge in [-0.05, 0) is 68.8 Å². The maximum atomic E-state index is 12.2. The van der Waals surface area contributed by atoms with E-state index in [9.17, 15) is 4.79 Å². The molecule has 138 valence electrons. The van der Waals surface area contributed by atoms with Gasteiger partial charge in [0, 0.05) is 11.8 Å². The zero-order valence-electron chi connectivity index (χ0n) is 16.2. The Labute approximate surface area is 153 Å².